The predicted molar refractivity (Wildman–Crippen MR) is 96.1 cm³/mol. The third-order valence-corrected chi connectivity index (χ3v) is 4.52. The van der Waals surface area contributed by atoms with Crippen molar-refractivity contribution in [2.45, 2.75) is 76.4 Å². The number of halogens is 5. The topological polar surface area (TPSA) is 38.7 Å². The number of hydrogen-bond donors (Lipinski definition) is 1. The number of aliphatic hydroxyl groups is 1. The molecule has 3 nitrogen and oxygen atoms in total. The lowest BCUT2D eigenvalue weighted by Gasteiger charge is -2.46. The van der Waals surface area contributed by atoms with Crippen LogP contribution in [0, 0.1) is 0 Å². The van der Waals surface area contributed by atoms with Crippen molar-refractivity contribution < 1.29 is 36.5 Å². The fourth-order valence-corrected chi connectivity index (χ4v) is 3.04. The fourth-order valence-electron chi connectivity index (χ4n) is 3.04. The van der Waals surface area contributed by atoms with E-state index in [1.807, 2.05) is 6.92 Å². The van der Waals surface area contributed by atoms with Crippen LogP contribution in [0.4, 0.5) is 22.0 Å². The number of hydrogen-bond acceptors (Lipinski definition) is 3. The van der Waals surface area contributed by atoms with Crippen LogP contribution in [0.5, 0.6) is 0 Å². The van der Waals surface area contributed by atoms with Gasteiger partial charge in [0.1, 0.15) is 0 Å². The number of rotatable bonds is 13. The van der Waals surface area contributed by atoms with Crippen molar-refractivity contribution in [2.75, 3.05) is 13.2 Å². The van der Waals surface area contributed by atoms with Gasteiger partial charge in [-0.2, -0.15) is 17.6 Å². The molecule has 0 saturated carbocycles. The summed E-state index contributed by atoms with van der Waals surface area (Å²) in [7, 11) is 0. The Balaban J connectivity index is 3.49. The third-order valence-electron chi connectivity index (χ3n) is 4.52. The number of ether oxygens (including phenoxy) is 2. The van der Waals surface area contributed by atoms with Crippen LogP contribution < -0.4 is 0 Å². The molecule has 0 aliphatic heterocycles. The van der Waals surface area contributed by atoms with Crippen LogP contribution in [0.15, 0.2) is 30.3 Å². The smallest absolute Gasteiger partial charge is 0.340 e. The van der Waals surface area contributed by atoms with Crippen molar-refractivity contribution in [1.82, 2.24) is 0 Å². The molecule has 1 rings (SSSR count). The molecule has 0 aliphatic carbocycles. The van der Waals surface area contributed by atoms with Crippen molar-refractivity contribution in [1.29, 1.82) is 0 Å². The van der Waals surface area contributed by atoms with E-state index in [9.17, 15) is 13.9 Å². The Morgan fingerprint density at radius 2 is 1.36 bits per heavy atom. The first-order valence-electron chi connectivity index (χ1n) is 9.54. The standard InChI is InChI=1S/C20H29F5O3/c1-4-7-8-12-15-17(21,22)19(24,25)18(23,16-13-10-9-11-14-16)20(26,27-5-2)28-6-3/h9-11,13-14,26H,4-8,12,15H2,1-3H3. The molecule has 0 fully saturated rings. The van der Waals surface area contributed by atoms with E-state index in [1.165, 1.54) is 32.0 Å². The maximum Gasteiger partial charge on any atom is 0.355 e. The van der Waals surface area contributed by atoms with Crippen LogP contribution in [0.1, 0.15) is 58.4 Å². The molecular formula is C20H29F5O3. The molecular weight excluding hydrogens is 383 g/mol. The second kappa shape index (κ2) is 9.98. The first kappa shape index (κ1) is 24.8. The molecule has 0 amide bonds. The van der Waals surface area contributed by atoms with E-state index in [4.69, 9.17) is 9.47 Å². The zero-order valence-electron chi connectivity index (χ0n) is 16.5. The number of alkyl halides is 5. The van der Waals surface area contributed by atoms with Gasteiger partial charge in [0, 0.05) is 25.2 Å². The summed E-state index contributed by atoms with van der Waals surface area (Å²) < 4.78 is 85.1. The lowest BCUT2D eigenvalue weighted by molar-refractivity contribution is -0.461. The van der Waals surface area contributed by atoms with E-state index in [1.54, 1.807) is 0 Å². The average molecular weight is 412 g/mol. The number of unbranched alkanes of at least 4 members (excludes halogenated alkanes) is 3. The monoisotopic (exact) mass is 412 g/mol. The van der Waals surface area contributed by atoms with Gasteiger partial charge >= 0.3 is 17.8 Å². The lowest BCUT2D eigenvalue weighted by atomic mass is 9.81. The normalized spacial score (nSPS) is 15.5. The van der Waals surface area contributed by atoms with Crippen LogP contribution in [-0.2, 0) is 15.1 Å². The van der Waals surface area contributed by atoms with Crippen molar-refractivity contribution in [3.63, 3.8) is 0 Å². The first-order chi connectivity index (χ1) is 13.0. The van der Waals surface area contributed by atoms with E-state index >= 15 is 13.2 Å². The second-order valence-corrected chi connectivity index (χ2v) is 6.56. The van der Waals surface area contributed by atoms with Crippen LogP contribution >= 0.6 is 0 Å². The first-order valence-corrected chi connectivity index (χ1v) is 9.54. The van der Waals surface area contributed by atoms with Gasteiger partial charge in [-0.05, 0) is 20.3 Å². The van der Waals surface area contributed by atoms with Crippen molar-refractivity contribution >= 4 is 0 Å². The zero-order chi connectivity index (χ0) is 21.5. The molecule has 8 heteroatoms. The summed E-state index contributed by atoms with van der Waals surface area (Å²) in [5.74, 6) is -13.7. The molecule has 1 unspecified atom stereocenters. The molecule has 0 bridgehead atoms. The summed E-state index contributed by atoms with van der Waals surface area (Å²) in [5.41, 5.74) is -5.21. The Labute approximate surface area is 162 Å². The Hall–Kier alpha value is -1.25. The molecule has 1 atom stereocenters. The summed E-state index contributed by atoms with van der Waals surface area (Å²) in [5, 5.41) is 10.6. The molecule has 0 aromatic heterocycles. The SMILES string of the molecule is CCCCCCC(F)(F)C(F)(F)C(F)(c1ccccc1)C(O)(OCC)OCC. The Morgan fingerprint density at radius 3 is 1.82 bits per heavy atom. The minimum Gasteiger partial charge on any atom is -0.340 e. The van der Waals surface area contributed by atoms with E-state index in [0.717, 1.165) is 18.6 Å². The number of benzene rings is 1. The minimum absolute atomic E-state index is 0.205. The summed E-state index contributed by atoms with van der Waals surface area (Å²) in [6.45, 7) is 3.58. The van der Waals surface area contributed by atoms with Gasteiger partial charge in [-0.1, -0.05) is 56.5 Å². The minimum atomic E-state index is -5.31. The summed E-state index contributed by atoms with van der Waals surface area (Å²) >= 11 is 0. The van der Waals surface area contributed by atoms with Gasteiger partial charge in [0.05, 0.1) is 0 Å². The Morgan fingerprint density at radius 1 is 0.821 bits per heavy atom. The van der Waals surface area contributed by atoms with E-state index < -0.39 is 48.7 Å². The van der Waals surface area contributed by atoms with Gasteiger partial charge in [-0.25, -0.2) is 4.39 Å². The quantitative estimate of drug-likeness (QED) is 0.252. The van der Waals surface area contributed by atoms with Gasteiger partial charge in [0.25, 0.3) is 5.67 Å². The van der Waals surface area contributed by atoms with Crippen molar-refractivity contribution in [3.05, 3.63) is 35.9 Å². The molecule has 28 heavy (non-hydrogen) atoms. The van der Waals surface area contributed by atoms with Crippen molar-refractivity contribution in [3.8, 4) is 0 Å². The van der Waals surface area contributed by atoms with Crippen LogP contribution in [-0.4, -0.2) is 36.1 Å². The van der Waals surface area contributed by atoms with Gasteiger partial charge in [-0.3, -0.25) is 0 Å². The largest absolute Gasteiger partial charge is 0.355 e. The zero-order valence-corrected chi connectivity index (χ0v) is 16.5. The maximum absolute atomic E-state index is 16.1. The molecule has 0 spiro atoms. The second-order valence-electron chi connectivity index (χ2n) is 6.56. The predicted octanol–water partition coefficient (Wildman–Crippen LogP) is 5.81. The highest BCUT2D eigenvalue weighted by Crippen LogP contribution is 2.57. The molecule has 0 aliphatic rings. The van der Waals surface area contributed by atoms with Gasteiger partial charge in [0.15, 0.2) is 0 Å². The third kappa shape index (κ3) is 4.66. The van der Waals surface area contributed by atoms with E-state index in [2.05, 4.69) is 0 Å². The van der Waals surface area contributed by atoms with Crippen molar-refractivity contribution in [2.24, 2.45) is 0 Å². The maximum atomic E-state index is 16.1. The molecule has 0 radical (unpaired) electrons. The summed E-state index contributed by atoms with van der Waals surface area (Å²) in [6, 6.07) is 5.61. The Kier molecular flexibility index (Phi) is 8.84. The molecule has 162 valence electrons. The Bertz CT molecular complexity index is 576. The van der Waals surface area contributed by atoms with E-state index in [-0.39, 0.29) is 6.42 Å². The van der Waals surface area contributed by atoms with Crippen LogP contribution in [0.25, 0.3) is 0 Å². The molecule has 0 heterocycles. The highest BCUT2D eigenvalue weighted by atomic mass is 19.3. The van der Waals surface area contributed by atoms with Gasteiger partial charge in [-0.15, -0.1) is 0 Å². The molecule has 0 saturated heterocycles. The van der Waals surface area contributed by atoms with Gasteiger partial charge in [0.2, 0.25) is 0 Å². The van der Waals surface area contributed by atoms with E-state index in [0.29, 0.717) is 12.8 Å². The lowest BCUT2D eigenvalue weighted by Crippen LogP contribution is -2.67. The van der Waals surface area contributed by atoms with Crippen LogP contribution in [0.2, 0.25) is 0 Å². The summed E-state index contributed by atoms with van der Waals surface area (Å²) in [4.78, 5) is 0. The fraction of sp³-hybridized carbons (Fsp3) is 0.700. The highest BCUT2D eigenvalue weighted by Gasteiger charge is 2.79. The molecule has 1 N–H and O–H groups in total. The average Bonchev–Trinajstić information content (AvgIpc) is 2.65. The molecule has 1 aromatic rings. The molecule has 1 aromatic carbocycles. The summed E-state index contributed by atoms with van der Waals surface area (Å²) in [6.07, 6.45) is 0.209. The van der Waals surface area contributed by atoms with Gasteiger partial charge < -0.3 is 14.6 Å². The highest BCUT2D eigenvalue weighted by molar-refractivity contribution is 5.29. The van der Waals surface area contributed by atoms with Crippen LogP contribution in [0.3, 0.4) is 0 Å².